The summed E-state index contributed by atoms with van der Waals surface area (Å²) in [5.41, 5.74) is 4.44. The maximum absolute atomic E-state index is 12.9. The van der Waals surface area contributed by atoms with Crippen LogP contribution in [0.1, 0.15) is 48.0 Å². The molecule has 1 saturated carbocycles. The molecule has 184 valence electrons. The van der Waals surface area contributed by atoms with E-state index in [0.29, 0.717) is 22.6 Å². The summed E-state index contributed by atoms with van der Waals surface area (Å²) in [4.78, 5) is 27.4. The quantitative estimate of drug-likeness (QED) is 0.298. The third-order valence-corrected chi connectivity index (χ3v) is 7.35. The fraction of sp³-hybridized carbons (Fsp3) is 0.286. The number of nitrogens with one attached hydrogen (secondary N) is 2. The number of rotatable bonds is 7. The number of nitrogens with zero attached hydrogens (tertiary/aromatic N) is 3. The second-order valence-corrected chi connectivity index (χ2v) is 10.0. The minimum Gasteiger partial charge on any atom is -0.481 e. The van der Waals surface area contributed by atoms with Crippen molar-refractivity contribution < 1.29 is 9.53 Å². The van der Waals surface area contributed by atoms with Gasteiger partial charge in [0.25, 0.3) is 5.91 Å². The van der Waals surface area contributed by atoms with Crippen LogP contribution < -0.4 is 15.4 Å². The first-order valence-electron chi connectivity index (χ1n) is 12.2. The predicted octanol–water partition coefficient (Wildman–Crippen LogP) is 6.58. The number of carbonyl (C=O) groups is 1. The number of aryl methyl sites for hydroxylation is 1. The first-order chi connectivity index (χ1) is 17.6. The van der Waals surface area contributed by atoms with E-state index >= 15 is 0 Å². The third kappa shape index (κ3) is 5.54. The zero-order chi connectivity index (χ0) is 24.9. The Labute approximate surface area is 215 Å². The molecule has 0 saturated heterocycles. The molecular weight excluding hydrogens is 470 g/mol. The molecular formula is C28H29N5O2S. The van der Waals surface area contributed by atoms with E-state index in [0.717, 1.165) is 33.1 Å². The van der Waals surface area contributed by atoms with Gasteiger partial charge in [-0.05, 0) is 49.6 Å². The third-order valence-electron chi connectivity index (χ3n) is 6.33. The van der Waals surface area contributed by atoms with Crippen molar-refractivity contribution in [1.29, 1.82) is 0 Å². The Morgan fingerprint density at radius 3 is 2.64 bits per heavy atom. The van der Waals surface area contributed by atoms with Crippen molar-refractivity contribution in [2.45, 2.75) is 45.1 Å². The summed E-state index contributed by atoms with van der Waals surface area (Å²) >= 11 is 1.46. The largest absolute Gasteiger partial charge is 0.481 e. The summed E-state index contributed by atoms with van der Waals surface area (Å²) < 4.78 is 5.09. The molecule has 8 heteroatoms. The molecule has 0 aliphatic heterocycles. The molecule has 3 heterocycles. The fourth-order valence-corrected chi connectivity index (χ4v) is 5.45. The average Bonchev–Trinajstić information content (AvgIpc) is 3.33. The summed E-state index contributed by atoms with van der Waals surface area (Å²) in [7, 11) is 1.54. The number of benzene rings is 1. The molecule has 7 nitrogen and oxygen atoms in total. The van der Waals surface area contributed by atoms with Crippen molar-refractivity contribution in [3.8, 4) is 27.6 Å². The molecule has 5 rings (SSSR count). The minimum absolute atomic E-state index is 0.268. The SMILES string of the molecule is COc1ccc(C(=O)Nc2nc(-c3cccc(C)c3)c(-c3ccnc(NC4CCCCC4)c3)s2)cn1. The summed E-state index contributed by atoms with van der Waals surface area (Å²) in [6.07, 6.45) is 9.52. The van der Waals surface area contributed by atoms with E-state index in [-0.39, 0.29) is 5.91 Å². The summed E-state index contributed by atoms with van der Waals surface area (Å²) in [5, 5.41) is 7.09. The molecule has 0 spiro atoms. The Balaban J connectivity index is 1.46. The summed E-state index contributed by atoms with van der Waals surface area (Å²) in [5.74, 6) is 1.06. The second-order valence-electron chi connectivity index (χ2n) is 9.02. The van der Waals surface area contributed by atoms with Gasteiger partial charge in [0, 0.05) is 30.1 Å². The molecule has 1 amide bonds. The lowest BCUT2D eigenvalue weighted by Crippen LogP contribution is -2.22. The number of aromatic nitrogens is 3. The summed E-state index contributed by atoms with van der Waals surface area (Å²) in [6.45, 7) is 2.06. The molecule has 36 heavy (non-hydrogen) atoms. The van der Waals surface area contributed by atoms with Crippen molar-refractivity contribution in [1.82, 2.24) is 15.0 Å². The Morgan fingerprint density at radius 1 is 1.03 bits per heavy atom. The van der Waals surface area contributed by atoms with Crippen LogP contribution in [0.3, 0.4) is 0 Å². The first kappa shape index (κ1) is 23.9. The van der Waals surface area contributed by atoms with Crippen molar-refractivity contribution in [3.05, 3.63) is 72.1 Å². The van der Waals surface area contributed by atoms with Crippen LogP contribution in [0, 0.1) is 6.92 Å². The van der Waals surface area contributed by atoms with E-state index in [9.17, 15) is 4.79 Å². The number of hydrogen-bond donors (Lipinski definition) is 2. The maximum atomic E-state index is 12.9. The van der Waals surface area contributed by atoms with Crippen molar-refractivity contribution in [2.24, 2.45) is 0 Å². The van der Waals surface area contributed by atoms with Gasteiger partial charge in [-0.3, -0.25) is 10.1 Å². The fourth-order valence-electron chi connectivity index (χ4n) is 4.47. The van der Waals surface area contributed by atoms with Gasteiger partial charge in [-0.15, -0.1) is 0 Å². The van der Waals surface area contributed by atoms with E-state index in [1.54, 1.807) is 19.2 Å². The lowest BCUT2D eigenvalue weighted by Gasteiger charge is -2.23. The molecule has 1 fully saturated rings. The highest BCUT2D eigenvalue weighted by Gasteiger charge is 2.19. The Hall–Kier alpha value is -3.78. The highest BCUT2D eigenvalue weighted by atomic mass is 32.1. The molecule has 1 aliphatic carbocycles. The Bertz CT molecular complexity index is 1350. The van der Waals surface area contributed by atoms with Gasteiger partial charge in [-0.1, -0.05) is 54.4 Å². The van der Waals surface area contributed by atoms with Crippen LogP contribution in [-0.4, -0.2) is 34.0 Å². The van der Waals surface area contributed by atoms with Gasteiger partial charge in [-0.2, -0.15) is 0 Å². The topological polar surface area (TPSA) is 89.0 Å². The molecule has 2 N–H and O–H groups in total. The van der Waals surface area contributed by atoms with Gasteiger partial charge in [-0.25, -0.2) is 15.0 Å². The van der Waals surface area contributed by atoms with Gasteiger partial charge in [0.05, 0.1) is 23.2 Å². The van der Waals surface area contributed by atoms with E-state index in [4.69, 9.17) is 9.72 Å². The monoisotopic (exact) mass is 499 g/mol. The minimum atomic E-state index is -0.268. The zero-order valence-corrected chi connectivity index (χ0v) is 21.3. The maximum Gasteiger partial charge on any atom is 0.259 e. The molecule has 1 aliphatic rings. The van der Waals surface area contributed by atoms with Crippen LogP contribution >= 0.6 is 11.3 Å². The van der Waals surface area contributed by atoms with Gasteiger partial charge < -0.3 is 10.1 Å². The molecule has 0 radical (unpaired) electrons. The highest BCUT2D eigenvalue weighted by Crippen LogP contribution is 2.40. The second kappa shape index (κ2) is 10.9. The van der Waals surface area contributed by atoms with Crippen LogP contribution in [0.15, 0.2) is 60.9 Å². The number of pyridine rings is 2. The van der Waals surface area contributed by atoms with Crippen molar-refractivity contribution in [2.75, 3.05) is 17.7 Å². The number of amides is 1. The normalized spacial score (nSPS) is 13.8. The smallest absolute Gasteiger partial charge is 0.259 e. The lowest BCUT2D eigenvalue weighted by atomic mass is 9.95. The Kier molecular flexibility index (Phi) is 7.23. The van der Waals surface area contributed by atoms with Crippen LogP contribution in [0.4, 0.5) is 10.9 Å². The van der Waals surface area contributed by atoms with E-state index < -0.39 is 0 Å². The van der Waals surface area contributed by atoms with Gasteiger partial charge in [0.15, 0.2) is 5.13 Å². The number of carbonyl (C=O) groups excluding carboxylic acids is 1. The molecule has 3 aromatic heterocycles. The molecule has 0 bridgehead atoms. The Morgan fingerprint density at radius 2 is 1.89 bits per heavy atom. The van der Waals surface area contributed by atoms with E-state index in [2.05, 4.69) is 45.7 Å². The van der Waals surface area contributed by atoms with Crippen LogP contribution in [0.5, 0.6) is 5.88 Å². The predicted molar refractivity (Wildman–Crippen MR) is 145 cm³/mol. The standard InChI is InChI=1S/C28H29N5O2S/c1-18-7-6-8-19(15-18)25-26(20-13-14-29-23(16-20)31-22-9-4-3-5-10-22)36-28(32-25)33-27(34)21-11-12-24(35-2)30-17-21/h6-8,11-17,22H,3-5,9-10H2,1-2H3,(H,29,31)(H,32,33,34). The zero-order valence-electron chi connectivity index (χ0n) is 20.5. The van der Waals surface area contributed by atoms with Crippen molar-refractivity contribution in [3.63, 3.8) is 0 Å². The van der Waals surface area contributed by atoms with Crippen molar-refractivity contribution >= 4 is 28.2 Å². The van der Waals surface area contributed by atoms with Crippen LogP contribution in [0.25, 0.3) is 21.7 Å². The number of methoxy groups -OCH3 is 1. The number of thiazole rings is 1. The number of anilines is 2. The molecule has 0 unspecified atom stereocenters. The highest BCUT2D eigenvalue weighted by molar-refractivity contribution is 7.19. The lowest BCUT2D eigenvalue weighted by molar-refractivity contribution is 0.102. The molecule has 0 atom stereocenters. The van der Waals surface area contributed by atoms with E-state index in [1.165, 1.54) is 49.6 Å². The van der Waals surface area contributed by atoms with Crippen LogP contribution in [-0.2, 0) is 0 Å². The number of hydrogen-bond acceptors (Lipinski definition) is 7. The van der Waals surface area contributed by atoms with Crippen LogP contribution in [0.2, 0.25) is 0 Å². The molecule has 1 aromatic carbocycles. The average molecular weight is 500 g/mol. The van der Waals surface area contributed by atoms with Gasteiger partial charge in [0.1, 0.15) is 5.82 Å². The van der Waals surface area contributed by atoms with Gasteiger partial charge >= 0.3 is 0 Å². The summed E-state index contributed by atoms with van der Waals surface area (Å²) in [6, 6.07) is 16.1. The first-order valence-corrected chi connectivity index (χ1v) is 13.0. The molecule has 4 aromatic rings. The number of ether oxygens (including phenoxy) is 1. The van der Waals surface area contributed by atoms with Gasteiger partial charge in [0.2, 0.25) is 5.88 Å². The van der Waals surface area contributed by atoms with E-state index in [1.807, 2.05) is 24.4 Å².